The maximum atomic E-state index is 12.0. The third-order valence-corrected chi connectivity index (χ3v) is 3.27. The minimum Gasteiger partial charge on any atom is -0.464 e. The fraction of sp³-hybridized carbons (Fsp3) is 0.615. The molecule has 3 nitrogen and oxygen atoms in total. The lowest BCUT2D eigenvalue weighted by Crippen LogP contribution is -2.31. The van der Waals surface area contributed by atoms with E-state index in [1.165, 1.54) is 12.8 Å². The van der Waals surface area contributed by atoms with E-state index >= 15 is 0 Å². The molecule has 0 bridgehead atoms. The third-order valence-electron chi connectivity index (χ3n) is 3.27. The Hall–Kier alpha value is -1.25. The molecule has 3 heteroatoms. The van der Waals surface area contributed by atoms with E-state index in [0.717, 1.165) is 24.4 Å². The summed E-state index contributed by atoms with van der Waals surface area (Å²) in [5, 5.41) is 0. The van der Waals surface area contributed by atoms with Crippen molar-refractivity contribution < 1.29 is 9.21 Å². The van der Waals surface area contributed by atoms with Gasteiger partial charge in [-0.25, -0.2) is 0 Å². The van der Waals surface area contributed by atoms with E-state index in [9.17, 15) is 4.79 Å². The summed E-state index contributed by atoms with van der Waals surface area (Å²) in [4.78, 5) is 13.8. The second-order valence-electron chi connectivity index (χ2n) is 4.69. The first-order valence-electron chi connectivity index (χ1n) is 5.97. The normalized spacial score (nSPS) is 16.6. The zero-order valence-electron chi connectivity index (χ0n) is 10.0. The Morgan fingerprint density at radius 3 is 2.69 bits per heavy atom. The standard InChI is InChI=1S/C13H19NO2/c1-10-7-8-12(16-10)9-14(2)13(15)11-5-3-4-6-11/h7-8,11H,3-6,9H2,1-2H3. The highest BCUT2D eigenvalue weighted by Crippen LogP contribution is 2.26. The van der Waals surface area contributed by atoms with Gasteiger partial charge in [-0.05, 0) is 31.9 Å². The summed E-state index contributed by atoms with van der Waals surface area (Å²) in [5.74, 6) is 2.29. The van der Waals surface area contributed by atoms with Crippen molar-refractivity contribution >= 4 is 5.91 Å². The summed E-state index contributed by atoms with van der Waals surface area (Å²) in [6.07, 6.45) is 4.51. The van der Waals surface area contributed by atoms with Crippen molar-refractivity contribution in [2.45, 2.75) is 39.2 Å². The summed E-state index contributed by atoms with van der Waals surface area (Å²) >= 11 is 0. The summed E-state index contributed by atoms with van der Waals surface area (Å²) < 4.78 is 5.47. The topological polar surface area (TPSA) is 33.5 Å². The Morgan fingerprint density at radius 2 is 2.12 bits per heavy atom. The molecule has 0 aromatic carbocycles. The van der Waals surface area contributed by atoms with Crippen LogP contribution in [0, 0.1) is 12.8 Å². The monoisotopic (exact) mass is 221 g/mol. The van der Waals surface area contributed by atoms with Crippen LogP contribution in [0.5, 0.6) is 0 Å². The number of nitrogens with zero attached hydrogens (tertiary/aromatic N) is 1. The quantitative estimate of drug-likeness (QED) is 0.786. The number of hydrogen-bond donors (Lipinski definition) is 0. The Labute approximate surface area is 96.4 Å². The average molecular weight is 221 g/mol. The summed E-state index contributed by atoms with van der Waals surface area (Å²) in [6.45, 7) is 2.51. The number of aryl methyl sites for hydroxylation is 1. The molecule has 0 aliphatic heterocycles. The van der Waals surface area contributed by atoms with E-state index in [-0.39, 0.29) is 11.8 Å². The molecule has 0 spiro atoms. The van der Waals surface area contributed by atoms with Gasteiger partial charge in [0, 0.05) is 13.0 Å². The highest BCUT2D eigenvalue weighted by molar-refractivity contribution is 5.78. The first-order chi connectivity index (χ1) is 7.66. The lowest BCUT2D eigenvalue weighted by molar-refractivity contribution is -0.134. The van der Waals surface area contributed by atoms with Gasteiger partial charge in [0.25, 0.3) is 0 Å². The predicted octanol–water partition coefficient (Wildman–Crippen LogP) is 2.74. The first kappa shape index (κ1) is 11.2. The maximum absolute atomic E-state index is 12.0. The number of carbonyl (C=O) groups excluding carboxylic acids is 1. The summed E-state index contributed by atoms with van der Waals surface area (Å²) in [6, 6.07) is 3.87. The molecule has 2 rings (SSSR count). The number of rotatable bonds is 3. The molecule has 1 aliphatic carbocycles. The van der Waals surface area contributed by atoms with Crippen molar-refractivity contribution in [3.63, 3.8) is 0 Å². The van der Waals surface area contributed by atoms with Crippen molar-refractivity contribution in [1.82, 2.24) is 4.90 Å². The molecule has 0 N–H and O–H groups in total. The van der Waals surface area contributed by atoms with Gasteiger partial charge in [-0.1, -0.05) is 12.8 Å². The van der Waals surface area contributed by atoms with Gasteiger partial charge in [-0.15, -0.1) is 0 Å². The fourth-order valence-corrected chi connectivity index (χ4v) is 2.37. The van der Waals surface area contributed by atoms with Crippen molar-refractivity contribution in [3.8, 4) is 0 Å². The molecule has 16 heavy (non-hydrogen) atoms. The van der Waals surface area contributed by atoms with E-state index in [1.54, 1.807) is 4.90 Å². The lowest BCUT2D eigenvalue weighted by Gasteiger charge is -2.19. The van der Waals surface area contributed by atoms with Crippen molar-refractivity contribution in [2.24, 2.45) is 5.92 Å². The van der Waals surface area contributed by atoms with Crippen LogP contribution in [-0.4, -0.2) is 17.9 Å². The second-order valence-corrected chi connectivity index (χ2v) is 4.69. The Bertz CT molecular complexity index is 364. The predicted molar refractivity (Wildman–Crippen MR) is 61.9 cm³/mol. The van der Waals surface area contributed by atoms with E-state index in [2.05, 4.69) is 0 Å². The van der Waals surface area contributed by atoms with Crippen molar-refractivity contribution in [1.29, 1.82) is 0 Å². The van der Waals surface area contributed by atoms with Crippen LogP contribution >= 0.6 is 0 Å². The molecule has 1 aromatic rings. The summed E-state index contributed by atoms with van der Waals surface area (Å²) in [5.41, 5.74) is 0. The molecule has 0 atom stereocenters. The van der Waals surface area contributed by atoms with Crippen LogP contribution in [0.25, 0.3) is 0 Å². The van der Waals surface area contributed by atoms with Crippen LogP contribution in [0.15, 0.2) is 16.5 Å². The van der Waals surface area contributed by atoms with Crippen LogP contribution in [0.1, 0.15) is 37.2 Å². The molecule has 1 fully saturated rings. The van der Waals surface area contributed by atoms with Gasteiger partial charge >= 0.3 is 0 Å². The van der Waals surface area contributed by atoms with Gasteiger partial charge in [0.05, 0.1) is 6.54 Å². The summed E-state index contributed by atoms with van der Waals surface area (Å²) in [7, 11) is 1.86. The average Bonchev–Trinajstić information content (AvgIpc) is 2.88. The van der Waals surface area contributed by atoms with E-state index in [0.29, 0.717) is 6.54 Å². The highest BCUT2D eigenvalue weighted by Gasteiger charge is 2.25. The zero-order chi connectivity index (χ0) is 11.5. The van der Waals surface area contributed by atoms with Gasteiger partial charge in [0.2, 0.25) is 5.91 Å². The van der Waals surface area contributed by atoms with Gasteiger partial charge in [-0.2, -0.15) is 0 Å². The number of furan rings is 1. The van der Waals surface area contributed by atoms with Gasteiger partial charge in [0.1, 0.15) is 11.5 Å². The molecule has 1 heterocycles. The molecule has 1 saturated carbocycles. The van der Waals surface area contributed by atoms with E-state index in [4.69, 9.17) is 4.42 Å². The smallest absolute Gasteiger partial charge is 0.225 e. The minimum absolute atomic E-state index is 0.251. The third kappa shape index (κ3) is 2.46. The van der Waals surface area contributed by atoms with Gasteiger partial charge < -0.3 is 9.32 Å². The lowest BCUT2D eigenvalue weighted by atomic mass is 10.1. The van der Waals surface area contributed by atoms with Crippen molar-refractivity contribution in [3.05, 3.63) is 23.7 Å². The Kier molecular flexibility index (Phi) is 3.32. The van der Waals surface area contributed by atoms with E-state index in [1.807, 2.05) is 26.1 Å². The number of amides is 1. The van der Waals surface area contributed by atoms with Crippen LogP contribution in [0.2, 0.25) is 0 Å². The zero-order valence-corrected chi connectivity index (χ0v) is 10.0. The Morgan fingerprint density at radius 1 is 1.44 bits per heavy atom. The second kappa shape index (κ2) is 4.73. The Balaban J connectivity index is 1.91. The molecule has 88 valence electrons. The number of hydrogen-bond acceptors (Lipinski definition) is 2. The molecule has 0 radical (unpaired) electrons. The molecule has 0 unspecified atom stereocenters. The highest BCUT2D eigenvalue weighted by atomic mass is 16.3. The van der Waals surface area contributed by atoms with Crippen LogP contribution < -0.4 is 0 Å². The molecule has 1 aliphatic rings. The molecule has 1 amide bonds. The number of carbonyl (C=O) groups is 1. The van der Waals surface area contributed by atoms with Crippen molar-refractivity contribution in [2.75, 3.05) is 7.05 Å². The van der Waals surface area contributed by atoms with E-state index < -0.39 is 0 Å². The SMILES string of the molecule is Cc1ccc(CN(C)C(=O)C2CCCC2)o1. The maximum Gasteiger partial charge on any atom is 0.225 e. The molecular formula is C13H19NO2. The molecule has 0 saturated heterocycles. The van der Waals surface area contributed by atoms with Crippen LogP contribution in [0.4, 0.5) is 0 Å². The fourth-order valence-electron chi connectivity index (χ4n) is 2.37. The van der Waals surface area contributed by atoms with Gasteiger partial charge in [0.15, 0.2) is 0 Å². The molecule has 1 aromatic heterocycles. The van der Waals surface area contributed by atoms with Crippen LogP contribution in [-0.2, 0) is 11.3 Å². The molecular weight excluding hydrogens is 202 g/mol. The van der Waals surface area contributed by atoms with Gasteiger partial charge in [-0.3, -0.25) is 4.79 Å². The van der Waals surface area contributed by atoms with Crippen LogP contribution in [0.3, 0.4) is 0 Å². The largest absolute Gasteiger partial charge is 0.464 e. The first-order valence-corrected chi connectivity index (χ1v) is 5.97. The minimum atomic E-state index is 0.251.